The minimum atomic E-state index is -0.529. The molecule has 4 heteroatoms. The summed E-state index contributed by atoms with van der Waals surface area (Å²) in [5.41, 5.74) is -0.130. The smallest absolute Gasteiger partial charge is 0.318 e. The highest BCUT2D eigenvalue weighted by Crippen LogP contribution is 2.24. The van der Waals surface area contributed by atoms with E-state index in [1.54, 1.807) is 6.07 Å². The third-order valence-electron chi connectivity index (χ3n) is 1.20. The zero-order valence-corrected chi connectivity index (χ0v) is 5.90. The summed E-state index contributed by atoms with van der Waals surface area (Å²) >= 11 is 0. The van der Waals surface area contributed by atoms with E-state index >= 15 is 0 Å². The normalized spacial score (nSPS) is 9.18. The van der Waals surface area contributed by atoms with Crippen LogP contribution < -0.4 is 4.74 Å². The van der Waals surface area contributed by atoms with Crippen LogP contribution in [0.5, 0.6) is 5.75 Å². The Morgan fingerprint density at radius 3 is 2.91 bits per heavy atom. The Morgan fingerprint density at radius 2 is 2.45 bits per heavy atom. The summed E-state index contributed by atoms with van der Waals surface area (Å²) in [6.07, 6.45) is 0. The van der Waals surface area contributed by atoms with Crippen LogP contribution in [0.15, 0.2) is 18.2 Å². The fraction of sp³-hybridized carbons (Fsp3) is 0.143. The molecule has 0 aromatic heterocycles. The van der Waals surface area contributed by atoms with Crippen LogP contribution in [0.25, 0.3) is 0 Å². The molecule has 1 rings (SSSR count). The summed E-state index contributed by atoms with van der Waals surface area (Å²) in [6.45, 7) is 0. The summed E-state index contributed by atoms with van der Waals surface area (Å²) in [5.74, 6) is 0.234. The highest BCUT2D eigenvalue weighted by molar-refractivity contribution is 5.44. The highest BCUT2D eigenvalue weighted by Gasteiger charge is 2.11. The van der Waals surface area contributed by atoms with Crippen molar-refractivity contribution in [2.45, 2.75) is 0 Å². The van der Waals surface area contributed by atoms with Gasteiger partial charge in [-0.2, -0.15) is 0 Å². The second-order valence-corrected chi connectivity index (χ2v) is 1.84. The predicted octanol–water partition coefficient (Wildman–Crippen LogP) is 1.40. The molecule has 4 nitrogen and oxygen atoms in total. The first-order valence-corrected chi connectivity index (χ1v) is 2.95. The first-order valence-electron chi connectivity index (χ1n) is 2.95. The molecule has 0 amide bonds. The molecule has 0 N–H and O–H groups in total. The molecule has 1 aromatic rings. The van der Waals surface area contributed by atoms with E-state index in [-0.39, 0.29) is 11.4 Å². The number of nitrogens with zero attached hydrogens (tertiary/aromatic N) is 1. The molecular formula is C7H6NO3. The van der Waals surface area contributed by atoms with E-state index in [1.165, 1.54) is 19.2 Å². The summed E-state index contributed by atoms with van der Waals surface area (Å²) < 4.78 is 4.73. The van der Waals surface area contributed by atoms with Gasteiger partial charge >= 0.3 is 5.69 Å². The third kappa shape index (κ3) is 1.46. The Kier molecular flexibility index (Phi) is 2.06. The molecule has 0 saturated heterocycles. The number of benzene rings is 1. The first kappa shape index (κ1) is 7.53. The fourth-order valence-corrected chi connectivity index (χ4v) is 0.720. The molecule has 0 aliphatic carbocycles. The lowest BCUT2D eigenvalue weighted by molar-refractivity contribution is -0.386. The number of ether oxygens (including phenoxy) is 1. The number of para-hydroxylation sites is 1. The fourth-order valence-electron chi connectivity index (χ4n) is 0.720. The van der Waals surface area contributed by atoms with E-state index in [1.807, 2.05) is 0 Å². The van der Waals surface area contributed by atoms with E-state index < -0.39 is 4.92 Å². The number of hydrogen-bond donors (Lipinski definition) is 0. The second kappa shape index (κ2) is 3.01. The van der Waals surface area contributed by atoms with Gasteiger partial charge in [0.15, 0.2) is 5.75 Å². The van der Waals surface area contributed by atoms with Crippen molar-refractivity contribution in [2.75, 3.05) is 7.11 Å². The summed E-state index contributed by atoms with van der Waals surface area (Å²) in [7, 11) is 1.39. The largest absolute Gasteiger partial charge is 0.490 e. The molecule has 0 aliphatic heterocycles. The maximum Gasteiger partial charge on any atom is 0.318 e. The highest BCUT2D eigenvalue weighted by atomic mass is 16.6. The lowest BCUT2D eigenvalue weighted by Crippen LogP contribution is -1.92. The molecule has 0 unspecified atom stereocenters. The van der Waals surface area contributed by atoms with Gasteiger partial charge in [0, 0.05) is 0 Å². The van der Waals surface area contributed by atoms with Crippen molar-refractivity contribution in [3.05, 3.63) is 34.4 Å². The second-order valence-electron chi connectivity index (χ2n) is 1.84. The molecule has 0 aliphatic rings. The zero-order valence-electron chi connectivity index (χ0n) is 5.90. The molecule has 11 heavy (non-hydrogen) atoms. The molecule has 0 saturated carbocycles. The van der Waals surface area contributed by atoms with Crippen molar-refractivity contribution < 1.29 is 9.66 Å². The summed E-state index contributed by atoms with van der Waals surface area (Å²) in [4.78, 5) is 9.75. The Hall–Kier alpha value is -1.58. The molecule has 0 fully saturated rings. The monoisotopic (exact) mass is 152 g/mol. The number of nitro benzene ring substituents is 1. The molecule has 0 atom stereocenters. The summed E-state index contributed by atoms with van der Waals surface area (Å²) in [6, 6.07) is 7.09. The average molecular weight is 152 g/mol. The van der Waals surface area contributed by atoms with E-state index in [9.17, 15) is 10.1 Å². The van der Waals surface area contributed by atoms with Crippen LogP contribution in [0.3, 0.4) is 0 Å². The standard InChI is InChI=1S/C7H6NO3/c1-11-7-5-3-2-4-6(7)8(9)10/h2-3,5H,1H3. The zero-order chi connectivity index (χ0) is 8.27. The number of rotatable bonds is 2. The summed E-state index contributed by atoms with van der Waals surface area (Å²) in [5, 5.41) is 10.3. The number of hydrogen-bond acceptors (Lipinski definition) is 3. The van der Waals surface area contributed by atoms with E-state index in [2.05, 4.69) is 6.07 Å². The SMILES string of the molecule is COc1ccc[c]c1[N+](=O)[O-]. The third-order valence-corrected chi connectivity index (χ3v) is 1.20. The topological polar surface area (TPSA) is 52.4 Å². The van der Waals surface area contributed by atoms with E-state index in [4.69, 9.17) is 4.74 Å². The van der Waals surface area contributed by atoms with Crippen molar-refractivity contribution in [1.29, 1.82) is 0 Å². The number of methoxy groups -OCH3 is 1. The Morgan fingerprint density at radius 1 is 1.73 bits per heavy atom. The van der Waals surface area contributed by atoms with E-state index in [0.717, 1.165) is 0 Å². The van der Waals surface area contributed by atoms with Crippen LogP contribution in [-0.2, 0) is 0 Å². The van der Waals surface area contributed by atoms with Crippen LogP contribution in [0.4, 0.5) is 5.69 Å². The van der Waals surface area contributed by atoms with Crippen LogP contribution >= 0.6 is 0 Å². The Bertz CT molecular complexity index is 272. The minimum Gasteiger partial charge on any atom is -0.490 e. The first-order chi connectivity index (χ1) is 5.25. The Labute approximate surface area is 63.6 Å². The molecule has 0 bridgehead atoms. The maximum absolute atomic E-state index is 10.3. The molecule has 0 heterocycles. The minimum absolute atomic E-state index is 0.130. The molecule has 0 spiro atoms. The van der Waals surface area contributed by atoms with Gasteiger partial charge in [0.25, 0.3) is 0 Å². The van der Waals surface area contributed by atoms with Crippen LogP contribution in [0, 0.1) is 16.2 Å². The van der Waals surface area contributed by atoms with Crippen molar-refractivity contribution in [3.8, 4) is 5.75 Å². The van der Waals surface area contributed by atoms with Crippen molar-refractivity contribution >= 4 is 5.69 Å². The van der Waals surface area contributed by atoms with Crippen LogP contribution in [0.2, 0.25) is 0 Å². The van der Waals surface area contributed by atoms with Gasteiger partial charge in [0.05, 0.1) is 18.1 Å². The van der Waals surface area contributed by atoms with Gasteiger partial charge in [-0.25, -0.2) is 0 Å². The van der Waals surface area contributed by atoms with Gasteiger partial charge < -0.3 is 4.74 Å². The van der Waals surface area contributed by atoms with Gasteiger partial charge in [-0.15, -0.1) is 0 Å². The Balaban J connectivity index is 3.12. The van der Waals surface area contributed by atoms with Crippen LogP contribution in [-0.4, -0.2) is 12.0 Å². The van der Waals surface area contributed by atoms with E-state index in [0.29, 0.717) is 0 Å². The molecule has 1 radical (unpaired) electrons. The quantitative estimate of drug-likeness (QED) is 0.475. The van der Waals surface area contributed by atoms with Gasteiger partial charge in [0.2, 0.25) is 0 Å². The molecule has 1 aromatic carbocycles. The van der Waals surface area contributed by atoms with Crippen molar-refractivity contribution in [2.24, 2.45) is 0 Å². The van der Waals surface area contributed by atoms with Gasteiger partial charge in [-0.05, 0) is 12.1 Å². The molecular weight excluding hydrogens is 146 g/mol. The molecule has 57 valence electrons. The van der Waals surface area contributed by atoms with Gasteiger partial charge in [0.1, 0.15) is 0 Å². The van der Waals surface area contributed by atoms with Crippen molar-refractivity contribution in [1.82, 2.24) is 0 Å². The number of nitro groups is 1. The lowest BCUT2D eigenvalue weighted by Gasteiger charge is -1.97. The lowest BCUT2D eigenvalue weighted by atomic mass is 10.3. The predicted molar refractivity (Wildman–Crippen MR) is 38.5 cm³/mol. The van der Waals surface area contributed by atoms with Gasteiger partial charge in [-0.3, -0.25) is 10.1 Å². The average Bonchev–Trinajstić information content (AvgIpc) is 2.04. The maximum atomic E-state index is 10.3. The van der Waals surface area contributed by atoms with Crippen LogP contribution in [0.1, 0.15) is 0 Å². The van der Waals surface area contributed by atoms with Crippen molar-refractivity contribution in [3.63, 3.8) is 0 Å². The van der Waals surface area contributed by atoms with Gasteiger partial charge in [-0.1, -0.05) is 6.07 Å².